The molecule has 0 radical (unpaired) electrons. The van der Waals surface area contributed by atoms with Gasteiger partial charge in [-0.2, -0.15) is 0 Å². The van der Waals surface area contributed by atoms with Crippen LogP contribution in [0.5, 0.6) is 0 Å². The molecule has 340 valence electrons. The molecule has 1 aromatic heterocycles. The number of hydrogen-bond donors (Lipinski definition) is 0. The van der Waals surface area contributed by atoms with Crippen LogP contribution in [-0.4, -0.2) is 4.57 Å². The summed E-state index contributed by atoms with van der Waals surface area (Å²) in [5.74, 6) is 0. The van der Waals surface area contributed by atoms with Crippen molar-refractivity contribution in [2.75, 3.05) is 4.90 Å². The molecule has 2 nitrogen and oxygen atoms in total. The van der Waals surface area contributed by atoms with Crippen molar-refractivity contribution in [1.29, 1.82) is 0 Å². The van der Waals surface area contributed by atoms with Crippen molar-refractivity contribution in [3.05, 3.63) is 298 Å². The first kappa shape index (κ1) is 39.7. The average Bonchev–Trinajstić information content (AvgIpc) is 4.23. The highest BCUT2D eigenvalue weighted by Crippen LogP contribution is 2.66. The fourth-order valence-corrected chi connectivity index (χ4v) is 15.3. The van der Waals surface area contributed by atoms with Crippen LogP contribution in [-0.2, 0) is 16.2 Å². The molecule has 0 saturated carbocycles. The van der Waals surface area contributed by atoms with E-state index in [9.17, 15) is 0 Å². The van der Waals surface area contributed by atoms with E-state index in [0.717, 1.165) is 11.4 Å². The smallest absolute Gasteiger partial charge is 0.0755 e. The van der Waals surface area contributed by atoms with Gasteiger partial charge in [0.1, 0.15) is 0 Å². The molecule has 1 aliphatic heterocycles. The number of rotatable bonds is 3. The lowest BCUT2D eigenvalue weighted by Crippen LogP contribution is -2.33. The standard InChI is InChI=1S/C71H46N2/c1-69(2)54-27-10-3-20-45(54)50-39-38-43(41-62(50)69)72(66-37-19-34-61-67(66)52-26-8-15-32-59(52)70(61)55-28-11-4-21-46(55)47-22-5-12-29-56(47)70)44-40-53-51-25-9-17-35-64(51)73-65-36-18-16-33-60(65)71(63(42-44)68(53)73)57-30-13-6-23-48(57)49-24-7-14-31-58(49)71/h3-42H,1-2H3. The van der Waals surface area contributed by atoms with E-state index in [2.05, 4.69) is 266 Å². The maximum Gasteiger partial charge on any atom is 0.0755 e. The van der Waals surface area contributed by atoms with E-state index in [0.29, 0.717) is 0 Å². The monoisotopic (exact) mass is 926 g/mol. The lowest BCUT2D eigenvalue weighted by molar-refractivity contribution is 0.660. The molecular weight excluding hydrogens is 881 g/mol. The van der Waals surface area contributed by atoms with Crippen molar-refractivity contribution in [2.24, 2.45) is 0 Å². The van der Waals surface area contributed by atoms with Crippen molar-refractivity contribution >= 4 is 38.9 Å². The van der Waals surface area contributed by atoms with Gasteiger partial charge in [-0.1, -0.05) is 214 Å². The number of nitrogens with zero attached hydrogens (tertiary/aromatic N) is 2. The molecule has 0 N–H and O–H groups in total. The summed E-state index contributed by atoms with van der Waals surface area (Å²) in [6.07, 6.45) is 0. The minimum Gasteiger partial charge on any atom is -0.310 e. The first-order valence-electron chi connectivity index (χ1n) is 25.8. The van der Waals surface area contributed by atoms with Crippen molar-refractivity contribution in [2.45, 2.75) is 30.1 Å². The molecular formula is C71H46N2. The predicted molar refractivity (Wildman–Crippen MR) is 300 cm³/mol. The molecule has 2 spiro atoms. The Kier molecular flexibility index (Phi) is 7.45. The Hall–Kier alpha value is -8.98. The number of fused-ring (bicyclic) bond motifs is 25. The highest BCUT2D eigenvalue weighted by atomic mass is 15.1. The van der Waals surface area contributed by atoms with Crippen molar-refractivity contribution in [3.8, 4) is 50.2 Å². The van der Waals surface area contributed by atoms with Gasteiger partial charge in [-0.15, -0.1) is 0 Å². The average molecular weight is 927 g/mol. The summed E-state index contributed by atoms with van der Waals surface area (Å²) in [6.45, 7) is 4.81. The van der Waals surface area contributed by atoms with E-state index < -0.39 is 10.8 Å². The summed E-state index contributed by atoms with van der Waals surface area (Å²) in [4.78, 5) is 2.64. The van der Waals surface area contributed by atoms with E-state index in [1.165, 1.54) is 133 Å². The lowest BCUT2D eigenvalue weighted by Gasteiger charge is -2.40. The van der Waals surface area contributed by atoms with Crippen LogP contribution in [0.1, 0.15) is 69.5 Å². The topological polar surface area (TPSA) is 8.17 Å². The Bertz CT molecular complexity index is 4350. The Morgan fingerprint density at radius 3 is 1.40 bits per heavy atom. The number of benzene rings is 11. The second kappa shape index (κ2) is 13.7. The highest BCUT2D eigenvalue weighted by molar-refractivity contribution is 6.15. The third kappa shape index (κ3) is 4.59. The van der Waals surface area contributed by atoms with E-state index in [4.69, 9.17) is 0 Å². The molecule has 11 aromatic carbocycles. The molecule has 0 atom stereocenters. The van der Waals surface area contributed by atoms with Gasteiger partial charge in [-0.05, 0) is 137 Å². The maximum atomic E-state index is 2.64. The van der Waals surface area contributed by atoms with E-state index in [1.54, 1.807) is 0 Å². The zero-order valence-corrected chi connectivity index (χ0v) is 40.5. The minimum absolute atomic E-state index is 0.200. The molecule has 0 unspecified atom stereocenters. The largest absolute Gasteiger partial charge is 0.310 e. The fraction of sp³-hybridized carbons (Fsp3) is 0.0704. The molecule has 2 heteroatoms. The van der Waals surface area contributed by atoms with Gasteiger partial charge in [0.05, 0.1) is 33.2 Å². The second-order valence-corrected chi connectivity index (χ2v) is 21.4. The molecule has 2 heterocycles. The summed E-state index contributed by atoms with van der Waals surface area (Å²) < 4.78 is 2.57. The maximum absolute atomic E-state index is 2.64. The van der Waals surface area contributed by atoms with Crippen molar-refractivity contribution < 1.29 is 0 Å². The summed E-state index contributed by atoms with van der Waals surface area (Å²) in [5, 5.41) is 2.50. The SMILES string of the molecule is CC1(C)c2ccccc2-c2ccc(N(c3cc4c5c(c3)c3ccccc3n5-c3ccccc3C43c4ccccc4-c4ccccc43)c3cccc4c3-c3ccccc3C43c4ccccc4-c4ccccc43)cc21. The van der Waals surface area contributed by atoms with Crippen molar-refractivity contribution in [1.82, 2.24) is 4.57 Å². The van der Waals surface area contributed by atoms with Gasteiger partial charge in [-0.3, -0.25) is 0 Å². The van der Waals surface area contributed by atoms with Crippen LogP contribution in [0.15, 0.2) is 243 Å². The zero-order valence-electron chi connectivity index (χ0n) is 40.5. The molecule has 4 aliphatic carbocycles. The van der Waals surface area contributed by atoms with Crippen LogP contribution in [0.3, 0.4) is 0 Å². The number of aromatic nitrogens is 1. The van der Waals surface area contributed by atoms with Crippen molar-refractivity contribution in [3.63, 3.8) is 0 Å². The minimum atomic E-state index is -0.595. The normalized spacial score (nSPS) is 15.3. The molecule has 17 rings (SSSR count). The first-order valence-corrected chi connectivity index (χ1v) is 25.8. The van der Waals surface area contributed by atoms with Gasteiger partial charge in [0.15, 0.2) is 0 Å². The Morgan fingerprint density at radius 1 is 0.315 bits per heavy atom. The van der Waals surface area contributed by atoms with Crippen LogP contribution < -0.4 is 4.90 Å². The van der Waals surface area contributed by atoms with Gasteiger partial charge >= 0.3 is 0 Å². The van der Waals surface area contributed by atoms with E-state index in [-0.39, 0.29) is 5.41 Å². The Morgan fingerprint density at radius 2 is 0.767 bits per heavy atom. The van der Waals surface area contributed by atoms with Gasteiger partial charge in [0, 0.05) is 33.1 Å². The summed E-state index contributed by atoms with van der Waals surface area (Å²) >= 11 is 0. The summed E-state index contributed by atoms with van der Waals surface area (Å²) in [6, 6.07) is 92.9. The van der Waals surface area contributed by atoms with Crippen LogP contribution in [0.4, 0.5) is 17.1 Å². The zero-order chi connectivity index (χ0) is 48.0. The number of anilines is 3. The molecule has 0 bridgehead atoms. The van der Waals surface area contributed by atoms with E-state index in [1.807, 2.05) is 0 Å². The molecule has 12 aromatic rings. The molecule has 0 saturated heterocycles. The van der Waals surface area contributed by atoms with Gasteiger partial charge in [-0.25, -0.2) is 0 Å². The van der Waals surface area contributed by atoms with Gasteiger partial charge in [0.2, 0.25) is 0 Å². The summed E-state index contributed by atoms with van der Waals surface area (Å²) in [7, 11) is 0. The molecule has 0 fully saturated rings. The third-order valence-corrected chi connectivity index (χ3v) is 18.0. The molecule has 0 amide bonds. The van der Waals surface area contributed by atoms with Crippen LogP contribution in [0, 0.1) is 0 Å². The van der Waals surface area contributed by atoms with Crippen LogP contribution in [0.25, 0.3) is 72.0 Å². The Labute approximate surface area is 424 Å². The molecule has 73 heavy (non-hydrogen) atoms. The quantitative estimate of drug-likeness (QED) is 0.171. The molecule has 5 aliphatic rings. The van der Waals surface area contributed by atoms with E-state index >= 15 is 0 Å². The van der Waals surface area contributed by atoms with Crippen LogP contribution >= 0.6 is 0 Å². The fourth-order valence-electron chi connectivity index (χ4n) is 15.3. The van der Waals surface area contributed by atoms with Gasteiger partial charge < -0.3 is 9.47 Å². The second-order valence-electron chi connectivity index (χ2n) is 21.4. The first-order chi connectivity index (χ1) is 36.0. The Balaban J connectivity index is 1.03. The third-order valence-electron chi connectivity index (χ3n) is 18.0. The summed E-state index contributed by atoms with van der Waals surface area (Å²) in [5.41, 5.74) is 29.7. The lowest BCUT2D eigenvalue weighted by atomic mass is 9.65. The number of para-hydroxylation sites is 2. The van der Waals surface area contributed by atoms with Crippen LogP contribution in [0.2, 0.25) is 0 Å². The number of hydrogen-bond acceptors (Lipinski definition) is 1. The highest BCUT2D eigenvalue weighted by Gasteiger charge is 2.54. The van der Waals surface area contributed by atoms with Gasteiger partial charge in [0.25, 0.3) is 0 Å². The predicted octanol–water partition coefficient (Wildman–Crippen LogP) is 17.6.